The van der Waals surface area contributed by atoms with E-state index in [1.807, 2.05) is 30.5 Å². The minimum Gasteiger partial charge on any atom is -0.487 e. The molecule has 0 aliphatic rings. The van der Waals surface area contributed by atoms with Crippen LogP contribution in [0.2, 0.25) is 0 Å². The summed E-state index contributed by atoms with van der Waals surface area (Å²) in [6.45, 7) is 3.61. The van der Waals surface area contributed by atoms with E-state index in [0.29, 0.717) is 6.61 Å². The van der Waals surface area contributed by atoms with Crippen LogP contribution in [0.3, 0.4) is 0 Å². The normalized spacial score (nSPS) is 10.7. The number of ether oxygens (including phenoxy) is 1. The highest BCUT2D eigenvalue weighted by atomic mass is 79.9. The summed E-state index contributed by atoms with van der Waals surface area (Å²) >= 11 is 5.38. The van der Waals surface area contributed by atoms with Crippen LogP contribution in [0.1, 0.15) is 22.2 Å². The van der Waals surface area contributed by atoms with Gasteiger partial charge in [-0.2, -0.15) is 0 Å². The van der Waals surface area contributed by atoms with Crippen LogP contribution in [-0.4, -0.2) is 7.05 Å². The van der Waals surface area contributed by atoms with Gasteiger partial charge >= 0.3 is 0 Å². The van der Waals surface area contributed by atoms with Crippen molar-refractivity contribution in [1.29, 1.82) is 0 Å². The lowest BCUT2D eigenvalue weighted by Gasteiger charge is -2.12. The van der Waals surface area contributed by atoms with Crippen LogP contribution in [0.5, 0.6) is 5.75 Å². The van der Waals surface area contributed by atoms with Crippen molar-refractivity contribution in [1.82, 2.24) is 5.32 Å². The van der Waals surface area contributed by atoms with Gasteiger partial charge in [0, 0.05) is 21.9 Å². The van der Waals surface area contributed by atoms with Gasteiger partial charge in [0.1, 0.15) is 12.4 Å². The van der Waals surface area contributed by atoms with Crippen LogP contribution in [0, 0.1) is 0 Å². The largest absolute Gasteiger partial charge is 0.487 e. The number of hydrogen-bond donors (Lipinski definition) is 1. The zero-order valence-corrected chi connectivity index (χ0v) is 13.6. The van der Waals surface area contributed by atoms with Gasteiger partial charge in [-0.05, 0) is 47.6 Å². The van der Waals surface area contributed by atoms with E-state index in [2.05, 4.69) is 46.4 Å². The molecule has 2 aromatic rings. The molecule has 1 N–H and O–H groups in total. The summed E-state index contributed by atoms with van der Waals surface area (Å²) in [7, 11) is 1.94. The summed E-state index contributed by atoms with van der Waals surface area (Å²) in [4.78, 5) is 2.67. The molecule has 0 unspecified atom stereocenters. The summed E-state index contributed by atoms with van der Waals surface area (Å²) in [5.41, 5.74) is 1.17. The number of aryl methyl sites for hydroxylation is 1. The summed E-state index contributed by atoms with van der Waals surface area (Å²) < 4.78 is 6.99. The molecule has 0 radical (unpaired) electrons. The van der Waals surface area contributed by atoms with Crippen LogP contribution < -0.4 is 10.1 Å². The van der Waals surface area contributed by atoms with E-state index in [1.54, 1.807) is 0 Å². The Morgan fingerprint density at radius 3 is 2.68 bits per heavy atom. The molecule has 0 atom stereocenters. The standard InChI is InChI=1S/C15H18BrNOS/c1-3-12-7-8-13(19-12)10-18-15-11(9-17-2)5-4-6-14(15)16/h4-8,17H,3,9-10H2,1-2H3. The van der Waals surface area contributed by atoms with E-state index in [-0.39, 0.29) is 0 Å². The van der Waals surface area contributed by atoms with Crippen molar-refractivity contribution in [2.75, 3.05) is 7.05 Å². The van der Waals surface area contributed by atoms with Gasteiger partial charge in [0.15, 0.2) is 0 Å². The van der Waals surface area contributed by atoms with Crippen LogP contribution in [-0.2, 0) is 19.6 Å². The Balaban J connectivity index is 2.09. The van der Waals surface area contributed by atoms with Gasteiger partial charge in [-0.25, -0.2) is 0 Å². The zero-order chi connectivity index (χ0) is 13.7. The van der Waals surface area contributed by atoms with E-state index in [0.717, 1.165) is 23.2 Å². The van der Waals surface area contributed by atoms with Gasteiger partial charge in [-0.3, -0.25) is 0 Å². The van der Waals surface area contributed by atoms with Crippen LogP contribution in [0.25, 0.3) is 0 Å². The molecule has 0 saturated carbocycles. The maximum Gasteiger partial charge on any atom is 0.138 e. The second kappa shape index (κ2) is 7.08. The number of hydrogen-bond acceptors (Lipinski definition) is 3. The Morgan fingerprint density at radius 2 is 2.00 bits per heavy atom. The maximum atomic E-state index is 5.99. The molecule has 0 bridgehead atoms. The number of rotatable bonds is 6. The summed E-state index contributed by atoms with van der Waals surface area (Å²) in [5.74, 6) is 0.934. The summed E-state index contributed by atoms with van der Waals surface area (Å²) in [5, 5.41) is 3.16. The van der Waals surface area contributed by atoms with E-state index in [1.165, 1.54) is 15.3 Å². The molecule has 0 fully saturated rings. The van der Waals surface area contributed by atoms with Gasteiger partial charge < -0.3 is 10.1 Å². The van der Waals surface area contributed by atoms with Crippen molar-refractivity contribution in [3.05, 3.63) is 50.1 Å². The highest BCUT2D eigenvalue weighted by Crippen LogP contribution is 2.30. The molecule has 102 valence electrons. The van der Waals surface area contributed by atoms with Crippen molar-refractivity contribution >= 4 is 27.3 Å². The lowest BCUT2D eigenvalue weighted by Crippen LogP contribution is -2.07. The van der Waals surface area contributed by atoms with Crippen LogP contribution in [0.4, 0.5) is 0 Å². The third kappa shape index (κ3) is 3.81. The first-order valence-electron chi connectivity index (χ1n) is 6.37. The minimum absolute atomic E-state index is 0.629. The topological polar surface area (TPSA) is 21.3 Å². The molecule has 1 heterocycles. The molecule has 2 rings (SSSR count). The number of halogens is 1. The lowest BCUT2D eigenvalue weighted by molar-refractivity contribution is 0.304. The van der Waals surface area contributed by atoms with Crippen molar-refractivity contribution < 1.29 is 4.74 Å². The minimum atomic E-state index is 0.629. The second-order valence-electron chi connectivity index (χ2n) is 4.27. The van der Waals surface area contributed by atoms with E-state index in [9.17, 15) is 0 Å². The average Bonchev–Trinajstić information content (AvgIpc) is 2.86. The van der Waals surface area contributed by atoms with Crippen LogP contribution >= 0.6 is 27.3 Å². The summed E-state index contributed by atoms with van der Waals surface area (Å²) in [6, 6.07) is 10.5. The second-order valence-corrected chi connectivity index (χ2v) is 6.38. The molecule has 0 aliphatic heterocycles. The Hall–Kier alpha value is -0.840. The Morgan fingerprint density at radius 1 is 1.21 bits per heavy atom. The molecule has 0 spiro atoms. The van der Waals surface area contributed by atoms with Crippen molar-refractivity contribution in [3.63, 3.8) is 0 Å². The molecule has 1 aromatic heterocycles. The molecule has 4 heteroatoms. The third-order valence-electron chi connectivity index (χ3n) is 2.84. The molecule has 0 saturated heterocycles. The summed E-state index contributed by atoms with van der Waals surface area (Å²) in [6.07, 6.45) is 1.09. The Labute approximate surface area is 126 Å². The van der Waals surface area contributed by atoms with Crippen LogP contribution in [0.15, 0.2) is 34.8 Å². The molecular weight excluding hydrogens is 322 g/mol. The van der Waals surface area contributed by atoms with Gasteiger partial charge in [0.25, 0.3) is 0 Å². The molecule has 1 aromatic carbocycles. The van der Waals surface area contributed by atoms with Gasteiger partial charge in [0.05, 0.1) is 4.47 Å². The molecule has 19 heavy (non-hydrogen) atoms. The van der Waals surface area contributed by atoms with E-state index in [4.69, 9.17) is 4.74 Å². The average molecular weight is 340 g/mol. The molecule has 0 amide bonds. The van der Waals surface area contributed by atoms with Crippen molar-refractivity contribution in [2.45, 2.75) is 26.5 Å². The number of nitrogens with one attached hydrogen (secondary N) is 1. The number of thiophene rings is 1. The monoisotopic (exact) mass is 339 g/mol. The quantitative estimate of drug-likeness (QED) is 0.843. The molecule has 2 nitrogen and oxygen atoms in total. The third-order valence-corrected chi connectivity index (χ3v) is 4.67. The fourth-order valence-corrected chi connectivity index (χ4v) is 3.27. The zero-order valence-electron chi connectivity index (χ0n) is 11.2. The smallest absolute Gasteiger partial charge is 0.138 e. The van der Waals surface area contributed by atoms with Gasteiger partial charge in [0.2, 0.25) is 0 Å². The predicted octanol–water partition coefficient (Wildman–Crippen LogP) is 4.37. The first-order chi connectivity index (χ1) is 9.24. The fourth-order valence-electron chi connectivity index (χ4n) is 1.88. The van der Waals surface area contributed by atoms with Crippen molar-refractivity contribution in [3.8, 4) is 5.75 Å². The first-order valence-corrected chi connectivity index (χ1v) is 7.98. The fraction of sp³-hybridized carbons (Fsp3) is 0.333. The highest BCUT2D eigenvalue weighted by Gasteiger charge is 2.08. The van der Waals surface area contributed by atoms with Gasteiger partial charge in [-0.1, -0.05) is 19.1 Å². The molecular formula is C15H18BrNOS. The lowest BCUT2D eigenvalue weighted by atomic mass is 10.2. The number of benzene rings is 1. The Bertz CT molecular complexity index is 539. The predicted molar refractivity (Wildman–Crippen MR) is 84.9 cm³/mol. The van der Waals surface area contributed by atoms with Crippen molar-refractivity contribution in [2.24, 2.45) is 0 Å². The van der Waals surface area contributed by atoms with Gasteiger partial charge in [-0.15, -0.1) is 11.3 Å². The van der Waals surface area contributed by atoms with E-state index < -0.39 is 0 Å². The highest BCUT2D eigenvalue weighted by molar-refractivity contribution is 9.10. The maximum absolute atomic E-state index is 5.99. The SMILES string of the molecule is CCc1ccc(COc2c(Br)cccc2CNC)s1. The van der Waals surface area contributed by atoms with E-state index >= 15 is 0 Å². The molecule has 0 aliphatic carbocycles. The first kappa shape index (κ1) is 14.6. The Kier molecular flexibility index (Phi) is 5.43. The number of para-hydroxylation sites is 1.